The molecule has 0 aliphatic carbocycles. The number of piperidine rings is 1. The molecule has 6 nitrogen and oxygen atoms in total. The van der Waals surface area contributed by atoms with Gasteiger partial charge in [0.25, 0.3) is 5.91 Å². The highest BCUT2D eigenvalue weighted by molar-refractivity contribution is 6.06. The Morgan fingerprint density at radius 1 is 1.25 bits per heavy atom. The number of nitrogens with one attached hydrogen (secondary N) is 1. The van der Waals surface area contributed by atoms with Crippen LogP contribution in [0.15, 0.2) is 18.2 Å². The fourth-order valence-corrected chi connectivity index (χ4v) is 4.25. The van der Waals surface area contributed by atoms with Gasteiger partial charge >= 0.3 is 0 Å². The van der Waals surface area contributed by atoms with Crippen LogP contribution in [0.5, 0.6) is 0 Å². The van der Waals surface area contributed by atoms with E-state index in [2.05, 4.69) is 47.7 Å². The molecule has 2 aliphatic heterocycles. The van der Waals surface area contributed by atoms with Gasteiger partial charge in [0, 0.05) is 12.2 Å². The number of fused-ring (bicyclic) bond motifs is 1. The van der Waals surface area contributed by atoms with Gasteiger partial charge < -0.3 is 10.2 Å². The third-order valence-corrected chi connectivity index (χ3v) is 5.92. The lowest BCUT2D eigenvalue weighted by atomic mass is 9.94. The number of carbonyl (C=O) groups excluding carboxylic acids is 1. The minimum Gasteiger partial charge on any atom is -0.317 e. The topological polar surface area (TPSA) is 63.1 Å². The second kappa shape index (κ2) is 8.62. The van der Waals surface area contributed by atoms with Crippen molar-refractivity contribution >= 4 is 24.0 Å². The van der Waals surface area contributed by atoms with Crippen molar-refractivity contribution in [2.75, 3.05) is 24.5 Å². The summed E-state index contributed by atoms with van der Waals surface area (Å²) in [4.78, 5) is 15.2. The summed E-state index contributed by atoms with van der Waals surface area (Å²) in [6.07, 6.45) is 4.08. The number of hydrogen-bond acceptors (Lipinski definition) is 4. The SMILES string of the molecule is Cc1c(C(=O)N2CCCc3cc(C(C)C)ccc32)nnn1C1CCNCC1.Cl. The predicted molar refractivity (Wildman–Crippen MR) is 114 cm³/mol. The molecule has 7 heteroatoms. The molecule has 1 amide bonds. The molecule has 0 atom stereocenters. The Balaban J connectivity index is 0.00000225. The van der Waals surface area contributed by atoms with Crippen LogP contribution in [-0.4, -0.2) is 40.5 Å². The summed E-state index contributed by atoms with van der Waals surface area (Å²) in [7, 11) is 0. The van der Waals surface area contributed by atoms with Gasteiger partial charge in [0.05, 0.1) is 11.7 Å². The van der Waals surface area contributed by atoms with Crippen molar-refractivity contribution in [3.8, 4) is 0 Å². The molecule has 1 aromatic carbocycles. The summed E-state index contributed by atoms with van der Waals surface area (Å²) in [6.45, 7) is 9.11. The second-order valence-corrected chi connectivity index (χ2v) is 8.05. The molecular weight excluding hydrogens is 374 g/mol. The summed E-state index contributed by atoms with van der Waals surface area (Å²) in [5.74, 6) is 0.472. The first kappa shape index (κ1) is 20.8. The Morgan fingerprint density at radius 3 is 2.71 bits per heavy atom. The number of nitrogens with zero attached hydrogens (tertiary/aromatic N) is 4. The van der Waals surface area contributed by atoms with Gasteiger partial charge in [-0.15, -0.1) is 17.5 Å². The lowest BCUT2D eigenvalue weighted by Gasteiger charge is -2.30. The van der Waals surface area contributed by atoms with E-state index in [1.165, 1.54) is 11.1 Å². The Labute approximate surface area is 173 Å². The lowest BCUT2D eigenvalue weighted by molar-refractivity contribution is 0.0979. The van der Waals surface area contributed by atoms with Crippen LogP contribution in [0.4, 0.5) is 5.69 Å². The average molecular weight is 404 g/mol. The zero-order chi connectivity index (χ0) is 19.0. The summed E-state index contributed by atoms with van der Waals surface area (Å²) >= 11 is 0. The first-order chi connectivity index (χ1) is 13.1. The summed E-state index contributed by atoms with van der Waals surface area (Å²) in [5.41, 5.74) is 5.01. The van der Waals surface area contributed by atoms with Crippen molar-refractivity contribution < 1.29 is 4.79 Å². The number of amides is 1. The van der Waals surface area contributed by atoms with Crippen molar-refractivity contribution in [2.45, 2.75) is 58.4 Å². The Bertz CT molecular complexity index is 841. The van der Waals surface area contributed by atoms with Gasteiger partial charge in [-0.05, 0) is 68.8 Å². The quantitative estimate of drug-likeness (QED) is 0.849. The molecule has 0 spiro atoms. The van der Waals surface area contributed by atoms with E-state index < -0.39 is 0 Å². The number of hydrogen-bond donors (Lipinski definition) is 1. The molecule has 0 unspecified atom stereocenters. The fraction of sp³-hybridized carbons (Fsp3) is 0.571. The van der Waals surface area contributed by atoms with E-state index in [0.29, 0.717) is 17.7 Å². The number of aromatic nitrogens is 3. The first-order valence-electron chi connectivity index (χ1n) is 10.1. The maximum absolute atomic E-state index is 13.3. The Kier molecular flexibility index (Phi) is 6.40. The van der Waals surface area contributed by atoms with Crippen molar-refractivity contribution in [1.29, 1.82) is 0 Å². The van der Waals surface area contributed by atoms with Gasteiger partial charge in [-0.25, -0.2) is 4.68 Å². The largest absolute Gasteiger partial charge is 0.317 e. The zero-order valence-electron chi connectivity index (χ0n) is 16.9. The molecule has 2 aromatic rings. The highest BCUT2D eigenvalue weighted by atomic mass is 35.5. The summed E-state index contributed by atoms with van der Waals surface area (Å²) < 4.78 is 1.96. The highest BCUT2D eigenvalue weighted by Crippen LogP contribution is 2.31. The summed E-state index contributed by atoms with van der Waals surface area (Å²) in [5, 5.41) is 12.0. The third kappa shape index (κ3) is 3.80. The first-order valence-corrected chi connectivity index (χ1v) is 10.1. The molecule has 2 aliphatic rings. The van der Waals surface area contributed by atoms with Crippen LogP contribution in [0.2, 0.25) is 0 Å². The minimum absolute atomic E-state index is 0. The molecule has 1 saturated heterocycles. The van der Waals surface area contributed by atoms with Crippen molar-refractivity contribution in [2.24, 2.45) is 0 Å². The smallest absolute Gasteiger partial charge is 0.280 e. The van der Waals surface area contributed by atoms with Crippen LogP contribution >= 0.6 is 12.4 Å². The molecule has 3 heterocycles. The number of carbonyl (C=O) groups is 1. The predicted octanol–water partition coefficient (Wildman–Crippen LogP) is 3.65. The average Bonchev–Trinajstić information content (AvgIpc) is 3.08. The van der Waals surface area contributed by atoms with E-state index >= 15 is 0 Å². The molecule has 0 bridgehead atoms. The normalized spacial score (nSPS) is 17.4. The van der Waals surface area contributed by atoms with Gasteiger partial charge in [-0.2, -0.15) is 0 Å². The molecule has 152 valence electrons. The lowest BCUT2D eigenvalue weighted by Crippen LogP contribution is -2.36. The highest BCUT2D eigenvalue weighted by Gasteiger charge is 2.29. The number of aryl methyl sites for hydroxylation is 1. The van der Waals surface area contributed by atoms with E-state index in [1.54, 1.807) is 0 Å². The second-order valence-electron chi connectivity index (χ2n) is 8.05. The molecule has 4 rings (SSSR count). The molecule has 0 radical (unpaired) electrons. The van der Waals surface area contributed by atoms with Gasteiger partial charge in [0.15, 0.2) is 5.69 Å². The van der Waals surface area contributed by atoms with Crippen molar-refractivity contribution in [1.82, 2.24) is 20.3 Å². The Morgan fingerprint density at radius 2 is 2.00 bits per heavy atom. The Hall–Kier alpha value is -1.92. The van der Waals surface area contributed by atoms with Gasteiger partial charge in [-0.1, -0.05) is 31.2 Å². The van der Waals surface area contributed by atoms with E-state index in [-0.39, 0.29) is 18.3 Å². The number of benzene rings is 1. The maximum atomic E-state index is 13.3. The minimum atomic E-state index is -0.0223. The van der Waals surface area contributed by atoms with E-state index in [4.69, 9.17) is 0 Å². The number of halogens is 1. The van der Waals surface area contributed by atoms with Crippen molar-refractivity contribution in [3.05, 3.63) is 40.7 Å². The van der Waals surface area contributed by atoms with Gasteiger partial charge in [0.1, 0.15) is 0 Å². The van der Waals surface area contributed by atoms with E-state index in [1.807, 2.05) is 16.5 Å². The number of anilines is 1. The van der Waals surface area contributed by atoms with Crippen LogP contribution in [0, 0.1) is 6.92 Å². The molecule has 1 aromatic heterocycles. The molecule has 28 heavy (non-hydrogen) atoms. The van der Waals surface area contributed by atoms with E-state index in [9.17, 15) is 4.79 Å². The molecule has 1 N–H and O–H groups in total. The number of rotatable bonds is 3. The standard InChI is InChI=1S/C21H29N5O.ClH/c1-14(2)16-6-7-19-17(13-16)5-4-12-25(19)21(27)20-15(3)26(24-23-20)18-8-10-22-11-9-18;/h6-7,13-14,18,22H,4-5,8-12H2,1-3H3;1H. The van der Waals surface area contributed by atoms with Crippen LogP contribution < -0.4 is 10.2 Å². The molecular formula is C21H30ClN5O. The third-order valence-electron chi connectivity index (χ3n) is 5.92. The zero-order valence-corrected chi connectivity index (χ0v) is 17.8. The van der Waals surface area contributed by atoms with Crippen LogP contribution in [0.3, 0.4) is 0 Å². The van der Waals surface area contributed by atoms with Crippen molar-refractivity contribution in [3.63, 3.8) is 0 Å². The monoisotopic (exact) mass is 403 g/mol. The van der Waals surface area contributed by atoms with Gasteiger partial charge in [0.2, 0.25) is 0 Å². The molecule has 0 saturated carbocycles. The van der Waals surface area contributed by atoms with Crippen LogP contribution in [0.25, 0.3) is 0 Å². The summed E-state index contributed by atoms with van der Waals surface area (Å²) in [6, 6.07) is 6.85. The van der Waals surface area contributed by atoms with Crippen LogP contribution in [0.1, 0.15) is 72.4 Å². The maximum Gasteiger partial charge on any atom is 0.280 e. The molecule has 1 fully saturated rings. The van der Waals surface area contributed by atoms with E-state index in [0.717, 1.165) is 56.7 Å². The van der Waals surface area contributed by atoms with Crippen LogP contribution in [-0.2, 0) is 6.42 Å². The van der Waals surface area contributed by atoms with Gasteiger partial charge in [-0.3, -0.25) is 4.79 Å². The fourth-order valence-electron chi connectivity index (χ4n) is 4.25.